The van der Waals surface area contributed by atoms with Crippen LogP contribution in [-0.4, -0.2) is 75.7 Å². The zero-order chi connectivity index (χ0) is 22.5. The van der Waals surface area contributed by atoms with E-state index in [-0.39, 0.29) is 31.7 Å². The van der Waals surface area contributed by atoms with Gasteiger partial charge in [-0.15, -0.1) is 0 Å². The Morgan fingerprint density at radius 2 is 2.06 bits per heavy atom. The summed E-state index contributed by atoms with van der Waals surface area (Å²) in [6.45, 7) is 0.242. The van der Waals surface area contributed by atoms with Gasteiger partial charge in [0, 0.05) is 18.3 Å². The Bertz CT molecular complexity index is 888. The highest BCUT2D eigenvalue weighted by Crippen LogP contribution is 2.25. The molecule has 2 fully saturated rings. The third kappa shape index (κ3) is 5.08. The van der Waals surface area contributed by atoms with Crippen LogP contribution in [0.5, 0.6) is 0 Å². The monoisotopic (exact) mass is 450 g/mol. The molecule has 0 saturated carbocycles. The second kappa shape index (κ2) is 9.69. The molecule has 1 aromatic heterocycles. The van der Waals surface area contributed by atoms with Crippen LogP contribution in [0.4, 0.5) is 0 Å². The summed E-state index contributed by atoms with van der Waals surface area (Å²) in [6, 6.07) is -1.75. The van der Waals surface area contributed by atoms with Gasteiger partial charge in [-0.25, -0.2) is 5.01 Å². The van der Waals surface area contributed by atoms with Gasteiger partial charge in [-0.1, -0.05) is 0 Å². The zero-order valence-corrected chi connectivity index (χ0v) is 17.3. The lowest BCUT2D eigenvalue weighted by atomic mass is 10.0. The van der Waals surface area contributed by atoms with E-state index in [2.05, 4.69) is 10.6 Å². The van der Waals surface area contributed by atoms with Crippen molar-refractivity contribution in [2.75, 3.05) is 6.54 Å². The van der Waals surface area contributed by atoms with Crippen molar-refractivity contribution in [2.45, 2.75) is 50.2 Å². The number of aliphatic carboxylic acids is 1. The fraction of sp³-hybridized carbons (Fsp3) is 0.474. The number of aldehydes is 1. The number of carbonyl (C=O) groups is 6. The average molecular weight is 450 g/mol. The van der Waals surface area contributed by atoms with Gasteiger partial charge in [-0.2, -0.15) is 11.3 Å². The summed E-state index contributed by atoms with van der Waals surface area (Å²) < 4.78 is 0. The van der Waals surface area contributed by atoms with E-state index in [9.17, 15) is 28.8 Å². The predicted molar refractivity (Wildman–Crippen MR) is 107 cm³/mol. The first-order chi connectivity index (χ1) is 14.8. The van der Waals surface area contributed by atoms with Gasteiger partial charge < -0.3 is 20.5 Å². The second-order valence-corrected chi connectivity index (χ2v) is 8.06. The third-order valence-electron chi connectivity index (χ3n) is 5.14. The maximum atomic E-state index is 13.3. The number of hydrogen-bond donors (Lipinski definition) is 3. The highest BCUT2D eigenvalue weighted by atomic mass is 32.1. The Morgan fingerprint density at radius 1 is 1.29 bits per heavy atom. The van der Waals surface area contributed by atoms with E-state index in [1.54, 1.807) is 16.8 Å². The predicted octanol–water partition coefficient (Wildman–Crippen LogP) is -0.467. The van der Waals surface area contributed by atoms with Gasteiger partial charge in [0.05, 0.1) is 18.0 Å². The number of rotatable bonds is 7. The quantitative estimate of drug-likeness (QED) is 0.475. The standard InChI is InChI=1S/C19H22N4O7S/c24-9-12(8-16(26)27)20-18(29)14-2-1-6-22-15(25)4-3-13(19(30)23(14)22)21-17(28)11-5-7-31-10-11/h5,7,9-10,12-14H,1-4,6,8H2,(H,20,29)(H,21,28)(H,26,27)/t12-,13-,14-/m0/s1. The van der Waals surface area contributed by atoms with E-state index in [0.29, 0.717) is 18.3 Å². The molecule has 0 bridgehead atoms. The van der Waals surface area contributed by atoms with Crippen LogP contribution in [0.1, 0.15) is 42.5 Å². The summed E-state index contributed by atoms with van der Waals surface area (Å²) in [5, 5.41) is 19.4. The van der Waals surface area contributed by atoms with Crippen LogP contribution in [0.2, 0.25) is 0 Å². The van der Waals surface area contributed by atoms with Crippen LogP contribution in [0.15, 0.2) is 16.8 Å². The zero-order valence-electron chi connectivity index (χ0n) is 16.5. The Balaban J connectivity index is 1.80. The Hall–Kier alpha value is -3.28. The van der Waals surface area contributed by atoms with Crippen molar-refractivity contribution in [1.29, 1.82) is 0 Å². The minimum absolute atomic E-state index is 0.0150. The summed E-state index contributed by atoms with van der Waals surface area (Å²) in [6.07, 6.45) is 0.491. The van der Waals surface area contributed by atoms with Crippen LogP contribution in [-0.2, 0) is 24.0 Å². The molecule has 11 nitrogen and oxygen atoms in total. The average Bonchev–Trinajstić information content (AvgIpc) is 3.25. The summed E-state index contributed by atoms with van der Waals surface area (Å²) in [7, 11) is 0. The van der Waals surface area contributed by atoms with Gasteiger partial charge in [0.1, 0.15) is 18.4 Å². The molecule has 4 amide bonds. The molecule has 0 aromatic carbocycles. The highest BCUT2D eigenvalue weighted by Gasteiger charge is 2.44. The van der Waals surface area contributed by atoms with Gasteiger partial charge in [0.15, 0.2) is 0 Å². The molecule has 0 unspecified atom stereocenters. The molecule has 0 radical (unpaired) electrons. The van der Waals surface area contributed by atoms with E-state index in [1.165, 1.54) is 16.3 Å². The molecule has 166 valence electrons. The van der Waals surface area contributed by atoms with Crippen LogP contribution >= 0.6 is 11.3 Å². The first-order valence-corrected chi connectivity index (χ1v) is 10.7. The minimum Gasteiger partial charge on any atom is -0.481 e. The third-order valence-corrected chi connectivity index (χ3v) is 5.82. The van der Waals surface area contributed by atoms with Crippen molar-refractivity contribution in [3.05, 3.63) is 22.4 Å². The normalized spacial score (nSPS) is 22.2. The van der Waals surface area contributed by atoms with Crippen LogP contribution < -0.4 is 10.6 Å². The van der Waals surface area contributed by atoms with Gasteiger partial charge >= 0.3 is 5.97 Å². The molecular weight excluding hydrogens is 428 g/mol. The van der Waals surface area contributed by atoms with Crippen molar-refractivity contribution in [1.82, 2.24) is 20.7 Å². The smallest absolute Gasteiger partial charge is 0.305 e. The van der Waals surface area contributed by atoms with Gasteiger partial charge in [0.25, 0.3) is 11.8 Å². The molecule has 2 aliphatic rings. The van der Waals surface area contributed by atoms with Gasteiger partial charge in [-0.3, -0.25) is 29.0 Å². The summed E-state index contributed by atoms with van der Waals surface area (Å²) in [4.78, 5) is 73.1. The number of carboxylic acid groups (broad SMARTS) is 1. The lowest BCUT2D eigenvalue weighted by Gasteiger charge is -2.43. The first-order valence-electron chi connectivity index (χ1n) is 9.75. The molecule has 0 spiro atoms. The van der Waals surface area contributed by atoms with Crippen molar-refractivity contribution in [2.24, 2.45) is 0 Å². The SMILES string of the molecule is O=C[C@H](CC(=O)O)NC(=O)[C@@H]1CCCN2C(=O)CC[C@H](NC(=O)c3ccsc3)C(=O)N12. The number of carbonyl (C=O) groups excluding carboxylic acids is 5. The highest BCUT2D eigenvalue weighted by molar-refractivity contribution is 7.08. The molecule has 3 heterocycles. The fourth-order valence-corrected chi connectivity index (χ4v) is 4.28. The van der Waals surface area contributed by atoms with Gasteiger partial charge in [-0.05, 0) is 30.7 Å². The summed E-state index contributed by atoms with van der Waals surface area (Å²) in [5.74, 6) is -3.40. The lowest BCUT2D eigenvalue weighted by molar-refractivity contribution is -0.176. The van der Waals surface area contributed by atoms with Gasteiger partial charge in [0.2, 0.25) is 11.8 Å². The van der Waals surface area contributed by atoms with Crippen molar-refractivity contribution < 1.29 is 33.9 Å². The Kier molecular flexibility index (Phi) is 7.00. The molecule has 2 saturated heterocycles. The number of hydrazine groups is 1. The molecular formula is C19H22N4O7S. The van der Waals surface area contributed by atoms with Crippen molar-refractivity contribution in [3.63, 3.8) is 0 Å². The Labute approximate surface area is 181 Å². The van der Waals surface area contributed by atoms with Crippen LogP contribution in [0.3, 0.4) is 0 Å². The number of hydrogen-bond acceptors (Lipinski definition) is 7. The first kappa shape index (κ1) is 22.4. The van der Waals surface area contributed by atoms with Crippen LogP contribution in [0.25, 0.3) is 0 Å². The molecule has 31 heavy (non-hydrogen) atoms. The number of nitrogens with zero attached hydrogens (tertiary/aromatic N) is 2. The topological polar surface area (TPSA) is 153 Å². The largest absolute Gasteiger partial charge is 0.481 e. The molecule has 3 N–H and O–H groups in total. The molecule has 1 aromatic rings. The Morgan fingerprint density at radius 3 is 2.71 bits per heavy atom. The van der Waals surface area contributed by atoms with Crippen molar-refractivity contribution in [3.8, 4) is 0 Å². The molecule has 12 heteroatoms. The number of amides is 4. The number of thiophene rings is 1. The van der Waals surface area contributed by atoms with E-state index in [4.69, 9.17) is 5.11 Å². The van der Waals surface area contributed by atoms with Crippen LogP contribution in [0, 0.1) is 0 Å². The van der Waals surface area contributed by atoms with E-state index in [0.717, 1.165) is 5.01 Å². The maximum Gasteiger partial charge on any atom is 0.305 e. The molecule has 0 aliphatic carbocycles. The minimum atomic E-state index is -1.26. The maximum absolute atomic E-state index is 13.3. The summed E-state index contributed by atoms with van der Waals surface area (Å²) >= 11 is 1.33. The lowest BCUT2D eigenvalue weighted by Crippen LogP contribution is -2.64. The summed E-state index contributed by atoms with van der Waals surface area (Å²) in [5.41, 5.74) is 0.390. The number of fused-ring (bicyclic) bond motifs is 1. The molecule has 3 rings (SSSR count). The number of carboxylic acids is 1. The fourth-order valence-electron chi connectivity index (χ4n) is 3.64. The molecule has 2 aliphatic heterocycles. The van der Waals surface area contributed by atoms with E-state index >= 15 is 0 Å². The molecule has 3 atom stereocenters. The van der Waals surface area contributed by atoms with E-state index in [1.807, 2.05) is 0 Å². The second-order valence-electron chi connectivity index (χ2n) is 7.28. The van der Waals surface area contributed by atoms with E-state index < -0.39 is 48.2 Å². The number of nitrogens with one attached hydrogen (secondary N) is 2. The van der Waals surface area contributed by atoms with Crippen molar-refractivity contribution >= 4 is 47.2 Å².